The predicted molar refractivity (Wildman–Crippen MR) is 105 cm³/mol. The molecule has 0 spiro atoms. The molecule has 2 N–H and O–H groups in total. The van der Waals surface area contributed by atoms with E-state index in [1.54, 1.807) is 10.9 Å². The maximum atomic E-state index is 11.7. The van der Waals surface area contributed by atoms with Gasteiger partial charge in [0, 0.05) is 17.6 Å². The number of aromatic nitrogens is 4. The molecule has 3 aromatic rings. The Balaban J connectivity index is 1.94. The molecule has 0 unspecified atom stereocenters. The first-order valence-electron chi connectivity index (χ1n) is 8.23. The van der Waals surface area contributed by atoms with Crippen LogP contribution in [0, 0.1) is 6.92 Å². The molecule has 0 aromatic carbocycles. The fourth-order valence-electron chi connectivity index (χ4n) is 2.81. The van der Waals surface area contributed by atoms with E-state index in [-0.39, 0.29) is 5.15 Å². The number of nitrogens with zero attached hydrogens (tertiary/aromatic N) is 4. The molecule has 26 heavy (non-hydrogen) atoms. The molecule has 0 radical (unpaired) electrons. The van der Waals surface area contributed by atoms with Gasteiger partial charge in [-0.2, -0.15) is 0 Å². The summed E-state index contributed by atoms with van der Waals surface area (Å²) in [6, 6.07) is 1.83. The van der Waals surface area contributed by atoms with Crippen LogP contribution >= 0.6 is 34.5 Å². The Morgan fingerprint density at radius 1 is 1.38 bits per heavy atom. The third-order valence-corrected chi connectivity index (χ3v) is 5.82. The van der Waals surface area contributed by atoms with Crippen LogP contribution in [-0.2, 0) is 13.1 Å². The molecule has 0 aliphatic rings. The standard InChI is InChI=1S/C17H19Cl2N5OS/c1-3-4-5-24-10(2)11(17(20)25)6-13(24)12-8-26-14(22-12)7-23-9-21-15(18)16(23)19/h6,8-9H,3-5,7H2,1-2H3,(H2,20,25). The fraction of sp³-hybridized carbons (Fsp3) is 0.353. The molecule has 0 fully saturated rings. The normalized spacial score (nSPS) is 11.2. The first-order chi connectivity index (χ1) is 12.4. The Morgan fingerprint density at radius 2 is 2.15 bits per heavy atom. The van der Waals surface area contributed by atoms with Crippen molar-refractivity contribution in [2.24, 2.45) is 5.73 Å². The molecular weight excluding hydrogens is 393 g/mol. The van der Waals surface area contributed by atoms with Gasteiger partial charge in [0.1, 0.15) is 10.2 Å². The lowest BCUT2D eigenvalue weighted by molar-refractivity contribution is 0.0999. The predicted octanol–water partition coefficient (Wildman–Crippen LogP) is 4.37. The number of nitrogens with two attached hydrogens (primary N) is 1. The highest BCUT2D eigenvalue weighted by Gasteiger charge is 2.18. The number of thiazole rings is 1. The van der Waals surface area contributed by atoms with Crippen molar-refractivity contribution >= 4 is 40.4 Å². The van der Waals surface area contributed by atoms with E-state index >= 15 is 0 Å². The Morgan fingerprint density at radius 3 is 2.77 bits per heavy atom. The zero-order valence-corrected chi connectivity index (χ0v) is 16.8. The average molecular weight is 412 g/mol. The molecule has 3 rings (SSSR count). The average Bonchev–Trinajstić information content (AvgIpc) is 3.28. The van der Waals surface area contributed by atoms with Gasteiger partial charge in [-0.15, -0.1) is 11.3 Å². The molecule has 1 amide bonds. The molecule has 138 valence electrons. The van der Waals surface area contributed by atoms with Gasteiger partial charge in [0.05, 0.1) is 29.8 Å². The summed E-state index contributed by atoms with van der Waals surface area (Å²) in [6.07, 6.45) is 3.66. The summed E-state index contributed by atoms with van der Waals surface area (Å²) in [6.45, 7) is 5.36. The maximum Gasteiger partial charge on any atom is 0.250 e. The molecule has 0 atom stereocenters. The number of imidazole rings is 1. The van der Waals surface area contributed by atoms with E-state index in [4.69, 9.17) is 33.9 Å². The summed E-state index contributed by atoms with van der Waals surface area (Å²) >= 11 is 13.5. The maximum absolute atomic E-state index is 11.7. The van der Waals surface area contributed by atoms with Crippen LogP contribution in [0.15, 0.2) is 17.8 Å². The minimum absolute atomic E-state index is 0.276. The van der Waals surface area contributed by atoms with E-state index in [0.29, 0.717) is 17.3 Å². The van der Waals surface area contributed by atoms with Crippen LogP contribution in [0.1, 0.15) is 40.8 Å². The second-order valence-corrected chi connectivity index (χ2v) is 7.64. The Hall–Kier alpha value is -1.83. The van der Waals surface area contributed by atoms with Gasteiger partial charge in [0.15, 0.2) is 5.15 Å². The number of primary amides is 1. The molecule has 9 heteroatoms. The summed E-state index contributed by atoms with van der Waals surface area (Å²) in [5.74, 6) is -0.422. The van der Waals surface area contributed by atoms with Gasteiger partial charge in [-0.3, -0.25) is 4.79 Å². The van der Waals surface area contributed by atoms with Crippen LogP contribution in [0.3, 0.4) is 0 Å². The SMILES string of the molecule is CCCCn1c(-c2csc(Cn3cnc(Cl)c3Cl)n2)cc(C(N)=O)c1C. The summed E-state index contributed by atoms with van der Waals surface area (Å²) < 4.78 is 3.85. The highest BCUT2D eigenvalue weighted by Crippen LogP contribution is 2.29. The number of unbranched alkanes of at least 4 members (excludes halogenated alkanes) is 1. The van der Waals surface area contributed by atoms with Gasteiger partial charge in [-0.1, -0.05) is 36.5 Å². The van der Waals surface area contributed by atoms with Crippen molar-refractivity contribution in [2.45, 2.75) is 39.8 Å². The Kier molecular flexibility index (Phi) is 5.70. The monoisotopic (exact) mass is 411 g/mol. The van der Waals surface area contributed by atoms with Crippen LogP contribution < -0.4 is 5.73 Å². The minimum atomic E-state index is -0.422. The highest BCUT2D eigenvalue weighted by atomic mass is 35.5. The van der Waals surface area contributed by atoms with Gasteiger partial charge in [-0.05, 0) is 19.4 Å². The van der Waals surface area contributed by atoms with Crippen LogP contribution in [0.5, 0.6) is 0 Å². The summed E-state index contributed by atoms with van der Waals surface area (Å²) in [5.41, 5.74) is 8.66. The van der Waals surface area contributed by atoms with Crippen molar-refractivity contribution in [1.29, 1.82) is 0 Å². The summed E-state index contributed by atoms with van der Waals surface area (Å²) in [5, 5.41) is 3.52. The lowest BCUT2D eigenvalue weighted by Crippen LogP contribution is -2.12. The van der Waals surface area contributed by atoms with E-state index in [0.717, 1.165) is 41.5 Å². The number of rotatable bonds is 7. The second kappa shape index (κ2) is 7.82. The zero-order chi connectivity index (χ0) is 18.8. The molecule has 0 saturated heterocycles. The smallest absolute Gasteiger partial charge is 0.250 e. The van der Waals surface area contributed by atoms with Gasteiger partial charge < -0.3 is 14.9 Å². The Bertz CT molecular complexity index is 943. The van der Waals surface area contributed by atoms with Crippen molar-refractivity contribution < 1.29 is 4.79 Å². The largest absolute Gasteiger partial charge is 0.366 e. The third-order valence-electron chi connectivity index (χ3n) is 4.22. The summed E-state index contributed by atoms with van der Waals surface area (Å²) in [4.78, 5) is 20.4. The highest BCUT2D eigenvalue weighted by molar-refractivity contribution is 7.09. The molecule has 0 saturated carbocycles. The topological polar surface area (TPSA) is 78.7 Å². The van der Waals surface area contributed by atoms with Crippen LogP contribution in [-0.4, -0.2) is 25.0 Å². The fourth-order valence-corrected chi connectivity index (χ4v) is 3.90. The number of hydrogen-bond donors (Lipinski definition) is 1. The van der Waals surface area contributed by atoms with Crippen molar-refractivity contribution in [1.82, 2.24) is 19.1 Å². The number of carbonyl (C=O) groups excluding carboxylic acids is 1. The van der Waals surface area contributed by atoms with Crippen LogP contribution in [0.4, 0.5) is 0 Å². The number of halogens is 2. The van der Waals surface area contributed by atoms with Gasteiger partial charge in [0.2, 0.25) is 0 Å². The van der Waals surface area contributed by atoms with E-state index in [1.807, 2.05) is 18.4 Å². The van der Waals surface area contributed by atoms with E-state index in [9.17, 15) is 4.79 Å². The molecule has 3 aromatic heterocycles. The first kappa shape index (κ1) is 18.9. The second-order valence-electron chi connectivity index (χ2n) is 5.98. The van der Waals surface area contributed by atoms with Gasteiger partial charge in [0.25, 0.3) is 5.91 Å². The van der Waals surface area contributed by atoms with E-state index in [1.165, 1.54) is 11.3 Å². The lowest BCUT2D eigenvalue weighted by Gasteiger charge is -2.09. The molecule has 0 aliphatic heterocycles. The lowest BCUT2D eigenvalue weighted by atomic mass is 10.2. The van der Waals surface area contributed by atoms with E-state index in [2.05, 4.69) is 16.5 Å². The zero-order valence-electron chi connectivity index (χ0n) is 14.5. The Labute approximate surface area is 165 Å². The van der Waals surface area contributed by atoms with Crippen molar-refractivity contribution in [2.75, 3.05) is 0 Å². The number of carbonyl (C=O) groups is 1. The minimum Gasteiger partial charge on any atom is -0.366 e. The van der Waals surface area contributed by atoms with Crippen molar-refractivity contribution in [3.8, 4) is 11.4 Å². The van der Waals surface area contributed by atoms with Crippen molar-refractivity contribution in [3.63, 3.8) is 0 Å². The quantitative estimate of drug-likeness (QED) is 0.626. The van der Waals surface area contributed by atoms with E-state index < -0.39 is 5.91 Å². The third kappa shape index (κ3) is 3.65. The molecular formula is C17H19Cl2N5OS. The molecule has 6 nitrogen and oxygen atoms in total. The number of amides is 1. The molecule has 3 heterocycles. The van der Waals surface area contributed by atoms with Gasteiger partial charge >= 0.3 is 0 Å². The van der Waals surface area contributed by atoms with Crippen LogP contribution in [0.25, 0.3) is 11.4 Å². The molecule has 0 bridgehead atoms. The summed E-state index contributed by atoms with van der Waals surface area (Å²) in [7, 11) is 0. The molecule has 0 aliphatic carbocycles. The van der Waals surface area contributed by atoms with Crippen molar-refractivity contribution in [3.05, 3.63) is 44.3 Å². The first-order valence-corrected chi connectivity index (χ1v) is 9.86. The number of hydrogen-bond acceptors (Lipinski definition) is 4. The van der Waals surface area contributed by atoms with Crippen LogP contribution in [0.2, 0.25) is 10.3 Å². The van der Waals surface area contributed by atoms with Gasteiger partial charge in [-0.25, -0.2) is 9.97 Å².